The van der Waals surface area contributed by atoms with Crippen molar-refractivity contribution in [2.45, 2.75) is 25.3 Å². The van der Waals surface area contributed by atoms with Gasteiger partial charge < -0.3 is 10.1 Å². The smallest absolute Gasteiger partial charge is 0.271 e. The molecule has 0 unspecified atom stereocenters. The van der Waals surface area contributed by atoms with Crippen LogP contribution < -0.4 is 10.1 Å². The molecule has 1 atom stereocenters. The van der Waals surface area contributed by atoms with E-state index in [0.29, 0.717) is 24.6 Å². The number of sulfone groups is 1. The fourth-order valence-corrected chi connectivity index (χ4v) is 5.07. The molecular formula is C19H23N3O4S. The van der Waals surface area contributed by atoms with E-state index in [1.165, 1.54) is 0 Å². The van der Waals surface area contributed by atoms with Gasteiger partial charge in [-0.1, -0.05) is 0 Å². The van der Waals surface area contributed by atoms with Gasteiger partial charge in [-0.2, -0.15) is 5.10 Å². The van der Waals surface area contributed by atoms with Crippen molar-refractivity contribution in [1.29, 1.82) is 0 Å². The highest BCUT2D eigenvalue weighted by Crippen LogP contribution is 2.31. The molecule has 1 aliphatic heterocycles. The minimum absolute atomic E-state index is 0.0565. The van der Waals surface area contributed by atoms with Gasteiger partial charge in [-0.25, -0.2) is 8.42 Å². The lowest BCUT2D eigenvalue weighted by Crippen LogP contribution is -2.26. The predicted octanol–water partition coefficient (Wildman–Crippen LogP) is 2.06. The van der Waals surface area contributed by atoms with Gasteiger partial charge in [-0.15, -0.1) is 0 Å². The first-order chi connectivity index (χ1) is 12.9. The normalized spacial score (nSPS) is 21.1. The van der Waals surface area contributed by atoms with Crippen molar-refractivity contribution in [3.05, 3.63) is 36.0 Å². The van der Waals surface area contributed by atoms with E-state index >= 15 is 0 Å². The topological polar surface area (TPSA) is 90.3 Å². The fourth-order valence-electron chi connectivity index (χ4n) is 3.38. The molecule has 1 N–H and O–H groups in total. The largest absolute Gasteiger partial charge is 0.497 e. The molecule has 1 saturated heterocycles. The van der Waals surface area contributed by atoms with E-state index in [0.717, 1.165) is 29.8 Å². The maximum absolute atomic E-state index is 12.5. The first kappa shape index (κ1) is 18.0. The van der Waals surface area contributed by atoms with Crippen LogP contribution in [-0.4, -0.2) is 49.3 Å². The van der Waals surface area contributed by atoms with Gasteiger partial charge in [0.1, 0.15) is 5.75 Å². The van der Waals surface area contributed by atoms with Crippen molar-refractivity contribution in [3.8, 4) is 17.0 Å². The van der Waals surface area contributed by atoms with E-state index in [-0.39, 0.29) is 23.5 Å². The van der Waals surface area contributed by atoms with Gasteiger partial charge in [-0.3, -0.25) is 9.48 Å². The van der Waals surface area contributed by atoms with E-state index in [4.69, 9.17) is 4.74 Å². The molecule has 27 heavy (non-hydrogen) atoms. The van der Waals surface area contributed by atoms with Gasteiger partial charge in [0, 0.05) is 12.1 Å². The fraction of sp³-hybridized carbons (Fsp3) is 0.474. The van der Waals surface area contributed by atoms with Gasteiger partial charge in [0.2, 0.25) is 0 Å². The number of rotatable bonds is 6. The van der Waals surface area contributed by atoms with Crippen LogP contribution in [0, 0.1) is 5.92 Å². The Morgan fingerprint density at radius 1 is 1.26 bits per heavy atom. The summed E-state index contributed by atoms with van der Waals surface area (Å²) in [5.74, 6) is 1.31. The van der Waals surface area contributed by atoms with Crippen molar-refractivity contribution < 1.29 is 17.9 Å². The number of amides is 1. The van der Waals surface area contributed by atoms with Crippen molar-refractivity contribution in [3.63, 3.8) is 0 Å². The molecule has 2 aromatic rings. The lowest BCUT2D eigenvalue weighted by molar-refractivity contribution is 0.0945. The number of benzene rings is 1. The van der Waals surface area contributed by atoms with Crippen LogP contribution in [0.25, 0.3) is 11.3 Å². The summed E-state index contributed by atoms with van der Waals surface area (Å²) in [6.45, 7) is 0.668. The Balaban J connectivity index is 1.66. The molecular weight excluding hydrogens is 366 g/mol. The van der Waals surface area contributed by atoms with Crippen molar-refractivity contribution in [2.75, 3.05) is 25.2 Å². The van der Waals surface area contributed by atoms with Crippen LogP contribution in [0.3, 0.4) is 0 Å². The van der Waals surface area contributed by atoms with Gasteiger partial charge in [-0.05, 0) is 55.5 Å². The third-order valence-corrected chi connectivity index (χ3v) is 6.91. The van der Waals surface area contributed by atoms with Crippen LogP contribution >= 0.6 is 0 Å². The molecule has 1 aromatic carbocycles. The second-order valence-corrected chi connectivity index (χ2v) is 9.53. The summed E-state index contributed by atoms with van der Waals surface area (Å²) in [6.07, 6.45) is 2.83. The molecule has 8 heteroatoms. The molecule has 4 rings (SSSR count). The number of hydrogen-bond acceptors (Lipinski definition) is 5. The maximum atomic E-state index is 12.5. The summed E-state index contributed by atoms with van der Waals surface area (Å²) in [5.41, 5.74) is 1.94. The highest BCUT2D eigenvalue weighted by Gasteiger charge is 2.32. The second-order valence-electron chi connectivity index (χ2n) is 7.30. The lowest BCUT2D eigenvalue weighted by Gasteiger charge is -2.13. The summed E-state index contributed by atoms with van der Waals surface area (Å²) in [4.78, 5) is 12.5. The SMILES string of the molecule is COc1ccc(-c2cc(C(=O)NCC3CC3)nn2[C@H]2CCS(=O)(=O)C2)cc1. The molecule has 1 saturated carbocycles. The molecule has 2 heterocycles. The molecule has 0 radical (unpaired) electrons. The average Bonchev–Trinajstić information content (AvgIpc) is 3.27. The van der Waals surface area contributed by atoms with Crippen molar-refractivity contribution >= 4 is 15.7 Å². The van der Waals surface area contributed by atoms with Gasteiger partial charge >= 0.3 is 0 Å². The monoisotopic (exact) mass is 389 g/mol. The summed E-state index contributed by atoms with van der Waals surface area (Å²) >= 11 is 0. The molecule has 144 valence electrons. The Labute approximate surface area is 158 Å². The van der Waals surface area contributed by atoms with E-state index in [2.05, 4.69) is 10.4 Å². The summed E-state index contributed by atoms with van der Waals surface area (Å²) < 4.78 is 30.8. The van der Waals surface area contributed by atoms with Crippen LogP contribution in [-0.2, 0) is 9.84 Å². The van der Waals surface area contributed by atoms with Crippen molar-refractivity contribution in [1.82, 2.24) is 15.1 Å². The molecule has 0 spiro atoms. The zero-order valence-electron chi connectivity index (χ0n) is 15.2. The predicted molar refractivity (Wildman–Crippen MR) is 102 cm³/mol. The molecule has 7 nitrogen and oxygen atoms in total. The summed E-state index contributed by atoms with van der Waals surface area (Å²) in [6, 6.07) is 8.95. The van der Waals surface area contributed by atoms with Crippen molar-refractivity contribution in [2.24, 2.45) is 5.92 Å². The molecule has 1 amide bonds. The third kappa shape index (κ3) is 4.00. The van der Waals surface area contributed by atoms with E-state index in [1.807, 2.05) is 24.3 Å². The van der Waals surface area contributed by atoms with E-state index < -0.39 is 9.84 Å². The van der Waals surface area contributed by atoms with Crippen LogP contribution in [0.1, 0.15) is 35.8 Å². The number of methoxy groups -OCH3 is 1. The highest BCUT2D eigenvalue weighted by atomic mass is 32.2. The highest BCUT2D eigenvalue weighted by molar-refractivity contribution is 7.91. The lowest BCUT2D eigenvalue weighted by atomic mass is 10.1. The summed E-state index contributed by atoms with van der Waals surface area (Å²) in [7, 11) is -1.46. The third-order valence-electron chi connectivity index (χ3n) is 5.16. The first-order valence-corrected chi connectivity index (χ1v) is 11.0. The average molecular weight is 389 g/mol. The molecule has 2 aliphatic rings. The maximum Gasteiger partial charge on any atom is 0.271 e. The molecule has 1 aliphatic carbocycles. The van der Waals surface area contributed by atoms with Crippen LogP contribution in [0.4, 0.5) is 0 Å². The number of ether oxygens (including phenoxy) is 1. The van der Waals surface area contributed by atoms with Crippen LogP contribution in [0.15, 0.2) is 30.3 Å². The summed E-state index contributed by atoms with van der Waals surface area (Å²) in [5, 5.41) is 7.41. The van der Waals surface area contributed by atoms with Crippen LogP contribution in [0.5, 0.6) is 5.75 Å². The standard InChI is InChI=1S/C19H23N3O4S/c1-26-16-6-4-14(5-7-16)18-10-17(19(23)20-11-13-2-3-13)21-22(18)15-8-9-27(24,25)12-15/h4-7,10,13,15H,2-3,8-9,11-12H2,1H3,(H,20,23)/t15-/m0/s1. The number of aromatic nitrogens is 2. The number of nitrogens with one attached hydrogen (secondary N) is 1. The molecule has 0 bridgehead atoms. The van der Waals surface area contributed by atoms with Gasteiger partial charge in [0.15, 0.2) is 15.5 Å². The minimum Gasteiger partial charge on any atom is -0.497 e. The Bertz CT molecular complexity index is 946. The van der Waals surface area contributed by atoms with Crippen LogP contribution in [0.2, 0.25) is 0 Å². The number of hydrogen-bond donors (Lipinski definition) is 1. The quantitative estimate of drug-likeness (QED) is 0.817. The zero-order valence-corrected chi connectivity index (χ0v) is 16.0. The van der Waals surface area contributed by atoms with E-state index in [9.17, 15) is 13.2 Å². The Morgan fingerprint density at radius 3 is 2.59 bits per heavy atom. The van der Waals surface area contributed by atoms with Gasteiger partial charge in [0.05, 0.1) is 30.4 Å². The Kier molecular flexibility index (Phi) is 4.67. The number of nitrogens with zero attached hydrogens (tertiary/aromatic N) is 2. The Hall–Kier alpha value is -2.35. The van der Waals surface area contributed by atoms with Gasteiger partial charge in [0.25, 0.3) is 5.91 Å². The zero-order chi connectivity index (χ0) is 19.0. The Morgan fingerprint density at radius 2 is 2.00 bits per heavy atom. The molecule has 2 fully saturated rings. The minimum atomic E-state index is -3.06. The molecule has 1 aromatic heterocycles. The van der Waals surface area contributed by atoms with E-state index in [1.54, 1.807) is 17.9 Å². The number of carbonyl (C=O) groups is 1. The number of carbonyl (C=O) groups excluding carboxylic acids is 1. The first-order valence-electron chi connectivity index (χ1n) is 9.18. The second kappa shape index (κ2) is 6.99.